The lowest BCUT2D eigenvalue weighted by molar-refractivity contribution is -0.172. The van der Waals surface area contributed by atoms with Crippen LogP contribution in [-0.4, -0.2) is 62.0 Å². The number of aliphatic hydroxyl groups is 3. The highest BCUT2D eigenvalue weighted by molar-refractivity contribution is 6.63. The maximum Gasteiger partial charge on any atom is 0.180 e. The Morgan fingerprint density at radius 3 is 1.97 bits per heavy atom. The lowest BCUT2D eigenvalue weighted by Gasteiger charge is -2.45. The third-order valence-electron chi connectivity index (χ3n) is 4.70. The van der Waals surface area contributed by atoms with Crippen LogP contribution >= 0.6 is 34.8 Å². The van der Waals surface area contributed by atoms with Gasteiger partial charge in [-0.2, -0.15) is 0 Å². The number of hydrogen-bond acceptors (Lipinski definition) is 5. The van der Waals surface area contributed by atoms with Crippen molar-refractivity contribution in [3.05, 3.63) is 71.8 Å². The number of rotatable bonds is 6. The maximum absolute atomic E-state index is 10.4. The van der Waals surface area contributed by atoms with E-state index in [9.17, 15) is 15.3 Å². The average molecular weight is 463 g/mol. The third kappa shape index (κ3) is 8.04. The fourth-order valence-electron chi connectivity index (χ4n) is 3.33. The van der Waals surface area contributed by atoms with Crippen molar-refractivity contribution in [1.29, 1.82) is 0 Å². The Morgan fingerprint density at radius 1 is 0.931 bits per heavy atom. The predicted octanol–water partition coefficient (Wildman–Crippen LogP) is 3.16. The summed E-state index contributed by atoms with van der Waals surface area (Å²) < 4.78 is 5.16. The van der Waals surface area contributed by atoms with Crippen molar-refractivity contribution < 1.29 is 20.1 Å². The predicted molar refractivity (Wildman–Crippen MR) is 116 cm³/mol. The molecule has 29 heavy (non-hydrogen) atoms. The molecule has 3 rings (SSSR count). The lowest BCUT2D eigenvalue weighted by Crippen LogP contribution is -2.62. The highest BCUT2D eigenvalue weighted by Crippen LogP contribution is 2.24. The lowest BCUT2D eigenvalue weighted by atomic mass is 9.93. The number of likely N-dealkylation sites (tertiary alicyclic amines) is 1. The van der Waals surface area contributed by atoms with Crippen molar-refractivity contribution in [2.24, 2.45) is 0 Å². The quantitative estimate of drug-likeness (QED) is 0.575. The van der Waals surface area contributed by atoms with E-state index in [1.165, 1.54) is 0 Å². The molecule has 3 N–H and O–H groups in total. The van der Waals surface area contributed by atoms with Gasteiger partial charge >= 0.3 is 0 Å². The number of aliphatic hydroxyl groups excluding tert-OH is 3. The van der Waals surface area contributed by atoms with Crippen molar-refractivity contribution in [2.45, 2.75) is 41.8 Å². The van der Waals surface area contributed by atoms with E-state index < -0.39 is 22.6 Å². The van der Waals surface area contributed by atoms with Crippen molar-refractivity contribution >= 4 is 34.8 Å². The van der Waals surface area contributed by atoms with Crippen LogP contribution in [0.25, 0.3) is 0 Å². The summed E-state index contributed by atoms with van der Waals surface area (Å²) in [5, 5.41) is 30.5. The largest absolute Gasteiger partial charge is 0.395 e. The summed E-state index contributed by atoms with van der Waals surface area (Å²) >= 11 is 14.4. The topological polar surface area (TPSA) is 73.2 Å². The van der Waals surface area contributed by atoms with E-state index in [-0.39, 0.29) is 12.6 Å². The molecule has 0 spiro atoms. The number of piperidine rings is 1. The molecule has 0 amide bonds. The van der Waals surface area contributed by atoms with Crippen LogP contribution < -0.4 is 0 Å². The second-order valence-corrected chi connectivity index (χ2v) is 8.71. The van der Waals surface area contributed by atoms with E-state index in [2.05, 4.69) is 0 Å². The smallest absolute Gasteiger partial charge is 0.180 e. The summed E-state index contributed by atoms with van der Waals surface area (Å²) in [6, 6.07) is 19.2. The standard InChI is InChI=1S/C20H25NO4.CHCl3/c22-13-17-20(25-14-16-9-5-2-6-10-16)19(24)18(23)12-21(17)11-15-7-3-1-4-8-15;2-1(3)4/h1-10,17-20,22-24H,11-14H2;1H/t17-,18-,19-,20-;/m1./s1. The highest BCUT2D eigenvalue weighted by atomic mass is 35.6. The van der Waals surface area contributed by atoms with E-state index in [0.29, 0.717) is 19.7 Å². The Kier molecular flexibility index (Phi) is 10.7. The monoisotopic (exact) mass is 461 g/mol. The van der Waals surface area contributed by atoms with Gasteiger partial charge in [-0.3, -0.25) is 4.90 Å². The zero-order valence-corrected chi connectivity index (χ0v) is 18.1. The zero-order chi connectivity index (χ0) is 21.2. The number of nitrogens with zero attached hydrogens (tertiary/aromatic N) is 1. The van der Waals surface area contributed by atoms with Crippen LogP contribution in [0, 0.1) is 0 Å². The van der Waals surface area contributed by atoms with Gasteiger partial charge in [0.05, 0.1) is 25.4 Å². The van der Waals surface area contributed by atoms with Crippen LogP contribution in [0.15, 0.2) is 60.7 Å². The fraction of sp³-hybridized carbons (Fsp3) is 0.429. The molecule has 1 heterocycles. The van der Waals surface area contributed by atoms with E-state index in [0.717, 1.165) is 11.1 Å². The minimum absolute atomic E-state index is 0.143. The Bertz CT molecular complexity index is 690. The molecule has 2 aromatic rings. The van der Waals surface area contributed by atoms with Crippen LogP contribution in [0.2, 0.25) is 0 Å². The molecule has 2 aromatic carbocycles. The molecular formula is C21H26Cl3NO4. The van der Waals surface area contributed by atoms with Crippen LogP contribution in [0.3, 0.4) is 0 Å². The highest BCUT2D eigenvalue weighted by Gasteiger charge is 2.42. The van der Waals surface area contributed by atoms with Crippen LogP contribution in [0.1, 0.15) is 11.1 Å². The Morgan fingerprint density at radius 2 is 1.45 bits per heavy atom. The molecule has 0 bridgehead atoms. The second-order valence-electron chi connectivity index (χ2n) is 6.73. The molecule has 0 saturated carbocycles. The molecular weight excluding hydrogens is 437 g/mol. The molecule has 1 fully saturated rings. The van der Waals surface area contributed by atoms with Crippen LogP contribution in [0.4, 0.5) is 0 Å². The van der Waals surface area contributed by atoms with Crippen molar-refractivity contribution in [3.63, 3.8) is 0 Å². The van der Waals surface area contributed by atoms with Gasteiger partial charge in [0.15, 0.2) is 4.30 Å². The van der Waals surface area contributed by atoms with Crippen LogP contribution in [0.5, 0.6) is 0 Å². The van der Waals surface area contributed by atoms with E-state index in [1.807, 2.05) is 65.6 Å². The van der Waals surface area contributed by atoms with Gasteiger partial charge in [-0.1, -0.05) is 95.5 Å². The second kappa shape index (κ2) is 12.7. The van der Waals surface area contributed by atoms with Gasteiger partial charge in [-0.25, -0.2) is 0 Å². The number of hydrogen-bond donors (Lipinski definition) is 3. The van der Waals surface area contributed by atoms with E-state index >= 15 is 0 Å². The molecule has 5 nitrogen and oxygen atoms in total. The summed E-state index contributed by atoms with van der Waals surface area (Å²) in [4.78, 5) is 1.97. The molecule has 0 unspecified atom stereocenters. The number of alkyl halides is 3. The van der Waals surface area contributed by atoms with Crippen molar-refractivity contribution in [2.75, 3.05) is 13.2 Å². The minimum Gasteiger partial charge on any atom is -0.395 e. The first-order valence-corrected chi connectivity index (χ1v) is 10.6. The van der Waals surface area contributed by atoms with Gasteiger partial charge in [0, 0.05) is 13.1 Å². The molecule has 8 heteroatoms. The Labute approximate surface area is 186 Å². The summed E-state index contributed by atoms with van der Waals surface area (Å²) in [6.45, 7) is 1.06. The first kappa shape index (κ1) is 24.4. The summed E-state index contributed by atoms with van der Waals surface area (Å²) in [7, 11) is 0. The molecule has 160 valence electrons. The Hall–Kier alpha value is -0.890. The zero-order valence-electron chi connectivity index (χ0n) is 15.8. The molecule has 4 atom stereocenters. The molecule has 1 saturated heterocycles. The van der Waals surface area contributed by atoms with Crippen LogP contribution in [-0.2, 0) is 17.9 Å². The van der Waals surface area contributed by atoms with Crippen molar-refractivity contribution in [1.82, 2.24) is 4.90 Å². The van der Waals surface area contributed by atoms with Crippen molar-refractivity contribution in [3.8, 4) is 0 Å². The third-order valence-corrected chi connectivity index (χ3v) is 4.70. The van der Waals surface area contributed by atoms with Gasteiger partial charge in [-0.05, 0) is 11.1 Å². The minimum atomic E-state index is -1.02. The summed E-state index contributed by atoms with van der Waals surface area (Å²) in [6.07, 6.45) is -2.59. The molecule has 1 aliphatic heterocycles. The summed E-state index contributed by atoms with van der Waals surface area (Å²) in [5.74, 6) is 0. The molecule has 0 aromatic heterocycles. The fourth-order valence-corrected chi connectivity index (χ4v) is 3.33. The normalized spacial score (nSPS) is 24.8. The SMILES string of the molecule is ClC(Cl)Cl.OC[C@@H]1[C@@H](OCc2ccccc2)[C@H](O)[C@H](O)CN1Cc1ccccc1. The van der Waals surface area contributed by atoms with Gasteiger partial charge in [0.25, 0.3) is 0 Å². The maximum atomic E-state index is 10.4. The number of benzene rings is 2. The summed E-state index contributed by atoms with van der Waals surface area (Å²) in [5.41, 5.74) is 2.08. The number of ether oxygens (including phenoxy) is 1. The van der Waals surface area contributed by atoms with Gasteiger partial charge in [-0.15, -0.1) is 0 Å². The first-order valence-electron chi connectivity index (χ1n) is 9.25. The van der Waals surface area contributed by atoms with Gasteiger partial charge in [0.1, 0.15) is 12.2 Å². The van der Waals surface area contributed by atoms with Gasteiger partial charge in [0.2, 0.25) is 0 Å². The molecule has 0 radical (unpaired) electrons. The average Bonchev–Trinajstić information content (AvgIpc) is 2.70. The Balaban J connectivity index is 0.000000687. The number of β-amino-alcohol motifs (C(OH)–C–C–N with tert-alkyl or cyclic N) is 1. The molecule has 1 aliphatic rings. The molecule has 0 aliphatic carbocycles. The van der Waals surface area contributed by atoms with Gasteiger partial charge < -0.3 is 20.1 Å². The van der Waals surface area contributed by atoms with E-state index in [1.54, 1.807) is 0 Å². The van der Waals surface area contributed by atoms with E-state index in [4.69, 9.17) is 39.5 Å². The first-order chi connectivity index (χ1) is 13.9. The number of halogens is 3.